The standard InChI is InChI=1S/C13H24N2O4/c1-13(2,3)15(8-11(17)18)12(19)14-9-6-4-5-7-10(9)16/h9-10,16H,4-8H2,1-3H3,(H,14,19)(H,17,18). The number of aliphatic hydroxyl groups is 1. The monoisotopic (exact) mass is 272 g/mol. The number of nitrogens with one attached hydrogen (secondary N) is 1. The molecule has 1 fully saturated rings. The maximum atomic E-state index is 12.2. The van der Waals surface area contributed by atoms with Gasteiger partial charge in [-0.15, -0.1) is 0 Å². The van der Waals surface area contributed by atoms with Crippen molar-refractivity contribution in [3.05, 3.63) is 0 Å². The van der Waals surface area contributed by atoms with Crippen LogP contribution in [0.5, 0.6) is 0 Å². The van der Waals surface area contributed by atoms with Gasteiger partial charge in [-0.1, -0.05) is 12.8 Å². The molecule has 1 aliphatic carbocycles. The molecule has 1 saturated carbocycles. The number of hydrogen-bond acceptors (Lipinski definition) is 3. The van der Waals surface area contributed by atoms with E-state index in [1.807, 2.05) is 0 Å². The van der Waals surface area contributed by atoms with E-state index < -0.39 is 23.6 Å². The van der Waals surface area contributed by atoms with Gasteiger partial charge in [-0.3, -0.25) is 4.79 Å². The Morgan fingerprint density at radius 2 is 1.84 bits per heavy atom. The highest BCUT2D eigenvalue weighted by molar-refractivity contribution is 5.81. The lowest BCUT2D eigenvalue weighted by molar-refractivity contribution is -0.138. The summed E-state index contributed by atoms with van der Waals surface area (Å²) in [7, 11) is 0. The van der Waals surface area contributed by atoms with Crippen molar-refractivity contribution in [3.63, 3.8) is 0 Å². The van der Waals surface area contributed by atoms with Crippen LogP contribution in [0.25, 0.3) is 0 Å². The normalized spacial score (nSPS) is 23.8. The third-order valence-electron chi connectivity index (χ3n) is 3.39. The summed E-state index contributed by atoms with van der Waals surface area (Å²) in [5, 5.41) is 21.5. The Kier molecular flexibility index (Phi) is 5.17. The van der Waals surface area contributed by atoms with Crippen LogP contribution in [0, 0.1) is 0 Å². The number of urea groups is 1. The van der Waals surface area contributed by atoms with Crippen LogP contribution in [0.15, 0.2) is 0 Å². The molecule has 1 aliphatic rings. The summed E-state index contributed by atoms with van der Waals surface area (Å²) in [6, 6.07) is -0.708. The average molecular weight is 272 g/mol. The first-order valence-electron chi connectivity index (χ1n) is 6.70. The average Bonchev–Trinajstić information content (AvgIpc) is 2.27. The first kappa shape index (κ1) is 15.8. The lowest BCUT2D eigenvalue weighted by Crippen LogP contribution is -2.56. The maximum Gasteiger partial charge on any atom is 0.323 e. The van der Waals surface area contributed by atoms with E-state index in [4.69, 9.17) is 5.11 Å². The summed E-state index contributed by atoms with van der Waals surface area (Å²) in [6.45, 7) is 5.00. The van der Waals surface area contributed by atoms with Crippen molar-refractivity contribution in [2.45, 2.75) is 64.1 Å². The molecule has 0 aromatic rings. The number of nitrogens with zero attached hydrogens (tertiary/aromatic N) is 1. The number of carbonyl (C=O) groups excluding carboxylic acids is 1. The number of carboxylic acids is 1. The van der Waals surface area contributed by atoms with Gasteiger partial charge in [0.2, 0.25) is 0 Å². The summed E-state index contributed by atoms with van der Waals surface area (Å²) in [6.07, 6.45) is 2.81. The number of carbonyl (C=O) groups is 2. The van der Waals surface area contributed by atoms with Crippen LogP contribution in [-0.2, 0) is 4.79 Å². The van der Waals surface area contributed by atoms with Gasteiger partial charge in [0, 0.05) is 5.54 Å². The SMILES string of the molecule is CC(C)(C)N(CC(=O)O)C(=O)NC1CCCCC1O. The molecule has 6 heteroatoms. The zero-order valence-corrected chi connectivity index (χ0v) is 11.8. The summed E-state index contributed by atoms with van der Waals surface area (Å²) in [5.74, 6) is -1.05. The fourth-order valence-corrected chi connectivity index (χ4v) is 2.27. The van der Waals surface area contributed by atoms with E-state index in [9.17, 15) is 14.7 Å². The number of aliphatic hydroxyl groups excluding tert-OH is 1. The van der Waals surface area contributed by atoms with E-state index in [2.05, 4.69) is 5.32 Å². The Morgan fingerprint density at radius 1 is 1.26 bits per heavy atom. The second kappa shape index (κ2) is 6.23. The highest BCUT2D eigenvalue weighted by Gasteiger charge is 2.32. The molecule has 0 bridgehead atoms. The van der Waals surface area contributed by atoms with Crippen molar-refractivity contribution in [1.29, 1.82) is 0 Å². The Hall–Kier alpha value is -1.30. The van der Waals surface area contributed by atoms with Crippen molar-refractivity contribution in [1.82, 2.24) is 10.2 Å². The molecule has 0 aromatic carbocycles. The first-order valence-corrected chi connectivity index (χ1v) is 6.70. The molecule has 19 heavy (non-hydrogen) atoms. The van der Waals surface area contributed by atoms with Gasteiger partial charge in [-0.25, -0.2) is 4.79 Å². The summed E-state index contributed by atoms with van der Waals surface area (Å²) in [4.78, 5) is 24.3. The van der Waals surface area contributed by atoms with Crippen molar-refractivity contribution < 1.29 is 19.8 Å². The van der Waals surface area contributed by atoms with Crippen molar-refractivity contribution >= 4 is 12.0 Å². The van der Waals surface area contributed by atoms with Gasteiger partial charge >= 0.3 is 12.0 Å². The van der Waals surface area contributed by atoms with Gasteiger partial charge in [-0.05, 0) is 33.6 Å². The molecule has 2 unspecified atom stereocenters. The topological polar surface area (TPSA) is 89.9 Å². The van der Waals surface area contributed by atoms with E-state index in [1.165, 1.54) is 4.90 Å². The van der Waals surface area contributed by atoms with Crippen molar-refractivity contribution in [2.24, 2.45) is 0 Å². The molecule has 0 saturated heterocycles. The third kappa shape index (κ3) is 4.70. The Balaban J connectivity index is 2.68. The first-order chi connectivity index (χ1) is 8.71. The molecular formula is C13H24N2O4. The third-order valence-corrected chi connectivity index (χ3v) is 3.39. The predicted molar refractivity (Wildman–Crippen MR) is 70.9 cm³/mol. The molecule has 0 spiro atoms. The van der Waals surface area contributed by atoms with Crippen molar-refractivity contribution in [3.8, 4) is 0 Å². The van der Waals surface area contributed by atoms with Gasteiger partial charge in [0.25, 0.3) is 0 Å². The minimum atomic E-state index is -1.05. The van der Waals surface area contributed by atoms with Gasteiger partial charge in [0.1, 0.15) is 6.54 Å². The molecule has 0 aliphatic heterocycles. The van der Waals surface area contributed by atoms with E-state index in [1.54, 1.807) is 20.8 Å². The molecule has 2 atom stereocenters. The zero-order valence-electron chi connectivity index (χ0n) is 11.8. The summed E-state index contributed by atoms with van der Waals surface area (Å²) < 4.78 is 0. The number of carboxylic acid groups (broad SMARTS) is 1. The largest absolute Gasteiger partial charge is 0.480 e. The van der Waals surface area contributed by atoms with Crippen LogP contribution < -0.4 is 5.32 Å². The Labute approximate surface area is 113 Å². The Bertz CT molecular complexity index is 338. The number of aliphatic carboxylic acids is 1. The fourth-order valence-electron chi connectivity index (χ4n) is 2.27. The molecule has 0 heterocycles. The van der Waals surface area contributed by atoms with Gasteiger partial charge < -0.3 is 20.4 Å². The lowest BCUT2D eigenvalue weighted by atomic mass is 9.92. The predicted octanol–water partition coefficient (Wildman–Crippen LogP) is 1.18. The molecule has 0 radical (unpaired) electrons. The second-order valence-corrected chi connectivity index (χ2v) is 6.06. The smallest absolute Gasteiger partial charge is 0.323 e. The summed E-state index contributed by atoms with van der Waals surface area (Å²) >= 11 is 0. The maximum absolute atomic E-state index is 12.2. The van der Waals surface area contributed by atoms with Crippen LogP contribution in [0.4, 0.5) is 4.79 Å². The van der Waals surface area contributed by atoms with Crippen molar-refractivity contribution in [2.75, 3.05) is 6.54 Å². The second-order valence-electron chi connectivity index (χ2n) is 6.06. The summed E-state index contributed by atoms with van der Waals surface area (Å²) in [5.41, 5.74) is -0.581. The molecule has 3 N–H and O–H groups in total. The van der Waals surface area contributed by atoms with Crippen LogP contribution in [0.1, 0.15) is 46.5 Å². The molecule has 2 amide bonds. The van der Waals surface area contributed by atoms with Gasteiger partial charge in [0.05, 0.1) is 12.1 Å². The van der Waals surface area contributed by atoms with E-state index in [-0.39, 0.29) is 12.6 Å². The molecular weight excluding hydrogens is 248 g/mol. The molecule has 1 rings (SSSR count). The van der Waals surface area contributed by atoms with Crippen LogP contribution >= 0.6 is 0 Å². The van der Waals surface area contributed by atoms with E-state index >= 15 is 0 Å². The number of hydrogen-bond donors (Lipinski definition) is 3. The minimum absolute atomic E-state index is 0.278. The lowest BCUT2D eigenvalue weighted by Gasteiger charge is -2.37. The molecule has 0 aromatic heterocycles. The number of amides is 2. The quantitative estimate of drug-likeness (QED) is 0.719. The minimum Gasteiger partial charge on any atom is -0.480 e. The highest BCUT2D eigenvalue weighted by Crippen LogP contribution is 2.20. The van der Waals surface area contributed by atoms with Crippen LogP contribution in [0.3, 0.4) is 0 Å². The van der Waals surface area contributed by atoms with Gasteiger partial charge in [-0.2, -0.15) is 0 Å². The van der Waals surface area contributed by atoms with Crippen LogP contribution in [0.2, 0.25) is 0 Å². The van der Waals surface area contributed by atoms with E-state index in [0.29, 0.717) is 6.42 Å². The fraction of sp³-hybridized carbons (Fsp3) is 0.846. The molecule has 110 valence electrons. The number of rotatable bonds is 3. The Morgan fingerprint density at radius 3 is 2.32 bits per heavy atom. The molecule has 6 nitrogen and oxygen atoms in total. The van der Waals surface area contributed by atoms with Crippen LogP contribution in [-0.4, -0.2) is 51.3 Å². The van der Waals surface area contributed by atoms with Gasteiger partial charge in [0.15, 0.2) is 0 Å². The zero-order chi connectivity index (χ0) is 14.6. The highest BCUT2D eigenvalue weighted by atomic mass is 16.4. The van der Waals surface area contributed by atoms with E-state index in [0.717, 1.165) is 19.3 Å².